The van der Waals surface area contributed by atoms with Gasteiger partial charge < -0.3 is 15.5 Å². The smallest absolute Gasteiger partial charge is 0.475 e. The van der Waals surface area contributed by atoms with E-state index in [0.29, 0.717) is 17.5 Å². The van der Waals surface area contributed by atoms with Crippen LogP contribution in [0, 0.1) is 5.92 Å². The number of nitrogens with zero attached hydrogens (tertiary/aromatic N) is 5. The number of hydrogen-bond donors (Lipinski definition) is 3. The van der Waals surface area contributed by atoms with Crippen molar-refractivity contribution in [3.63, 3.8) is 0 Å². The number of carboxylic acid groups (broad SMARTS) is 2. The van der Waals surface area contributed by atoms with Gasteiger partial charge in [-0.1, -0.05) is 0 Å². The quantitative estimate of drug-likeness (QED) is 0.398. The topological polar surface area (TPSA) is 140 Å². The summed E-state index contributed by atoms with van der Waals surface area (Å²) in [5.74, 6) is -4.78. The molecule has 0 aromatic carbocycles. The van der Waals surface area contributed by atoms with Crippen LogP contribution >= 0.6 is 0 Å². The van der Waals surface area contributed by atoms with Crippen molar-refractivity contribution in [2.24, 2.45) is 5.92 Å². The van der Waals surface area contributed by atoms with Gasteiger partial charge in [0.15, 0.2) is 11.5 Å². The number of fused-ring (bicyclic) bond motifs is 1. The molecule has 1 saturated heterocycles. The molecule has 248 valence electrons. The predicted octanol–water partition coefficient (Wildman–Crippen LogP) is 3.77. The van der Waals surface area contributed by atoms with Crippen LogP contribution in [0.1, 0.15) is 48.9 Å². The zero-order chi connectivity index (χ0) is 33.6. The highest BCUT2D eigenvalue weighted by atomic mass is 19.4. The lowest BCUT2D eigenvalue weighted by molar-refractivity contribution is -0.193. The molecule has 3 heterocycles. The van der Waals surface area contributed by atoms with Crippen LogP contribution < -0.4 is 5.32 Å². The SMILES string of the molecule is CC(C)N1CCN(CC2CC2)CC1c1nnc2ccc(C(=O)NCC(F)(F)F)cn12.O=C(O)C(F)(F)F.O=C(O)C(F)(F)F. The normalized spacial score (nSPS) is 18.2. The van der Waals surface area contributed by atoms with Gasteiger partial charge in [-0.25, -0.2) is 9.59 Å². The maximum Gasteiger partial charge on any atom is 0.490 e. The minimum absolute atomic E-state index is 0.000913. The standard InChI is InChI=1S/C20H27F3N6O.2C2HF3O2/c1-13(2)28-8-7-27(9-14-3-4-14)11-16(28)18-26-25-17-6-5-15(10-29(17)18)19(30)24-12-20(21,22)23;2*3-2(4,5)1(6)7/h5-6,10,13-14,16H,3-4,7-9,11-12H2,1-2H3,(H,24,30);2*(H,6,7). The summed E-state index contributed by atoms with van der Waals surface area (Å²) in [7, 11) is 0. The molecule has 1 aliphatic carbocycles. The van der Waals surface area contributed by atoms with Crippen molar-refractivity contribution in [3.8, 4) is 0 Å². The van der Waals surface area contributed by atoms with Crippen molar-refractivity contribution in [1.29, 1.82) is 0 Å². The molecule has 1 atom stereocenters. The van der Waals surface area contributed by atoms with Crippen molar-refractivity contribution in [3.05, 3.63) is 29.7 Å². The number of piperazine rings is 1. The second-order valence-corrected chi connectivity index (χ2v) is 10.2. The summed E-state index contributed by atoms with van der Waals surface area (Å²) < 4.78 is 103. The summed E-state index contributed by atoms with van der Waals surface area (Å²) in [5, 5.41) is 24.8. The number of carboxylic acids is 2. The van der Waals surface area contributed by atoms with E-state index in [0.717, 1.165) is 32.1 Å². The molecular formula is C24H29F9N6O5. The Hall–Kier alpha value is -3.68. The first-order chi connectivity index (χ1) is 20.1. The number of rotatable bonds is 6. The van der Waals surface area contributed by atoms with Gasteiger partial charge in [0.2, 0.25) is 0 Å². The molecule has 20 heteroatoms. The number of pyridine rings is 1. The number of halogens is 9. The Kier molecular flexibility index (Phi) is 11.9. The number of nitrogens with one attached hydrogen (secondary N) is 1. The van der Waals surface area contributed by atoms with Crippen LogP contribution in [-0.2, 0) is 9.59 Å². The van der Waals surface area contributed by atoms with E-state index in [1.54, 1.807) is 10.5 Å². The highest BCUT2D eigenvalue weighted by molar-refractivity contribution is 5.94. The van der Waals surface area contributed by atoms with Crippen LogP contribution in [0.4, 0.5) is 39.5 Å². The number of aromatic nitrogens is 3. The van der Waals surface area contributed by atoms with Gasteiger partial charge in [0, 0.05) is 38.4 Å². The molecule has 0 radical (unpaired) electrons. The molecule has 2 fully saturated rings. The monoisotopic (exact) mass is 652 g/mol. The van der Waals surface area contributed by atoms with Crippen molar-refractivity contribution in [2.75, 3.05) is 32.7 Å². The highest BCUT2D eigenvalue weighted by Gasteiger charge is 2.39. The maximum absolute atomic E-state index is 12.4. The van der Waals surface area contributed by atoms with E-state index < -0.39 is 42.9 Å². The number of alkyl halides is 9. The van der Waals surface area contributed by atoms with E-state index in [-0.39, 0.29) is 11.6 Å². The zero-order valence-electron chi connectivity index (χ0n) is 23.2. The van der Waals surface area contributed by atoms with E-state index in [1.165, 1.54) is 25.1 Å². The minimum Gasteiger partial charge on any atom is -0.475 e. The summed E-state index contributed by atoms with van der Waals surface area (Å²) in [6, 6.07) is 3.40. The van der Waals surface area contributed by atoms with Gasteiger partial charge >= 0.3 is 30.5 Å². The van der Waals surface area contributed by atoms with E-state index in [2.05, 4.69) is 33.8 Å². The molecule has 4 rings (SSSR count). The van der Waals surface area contributed by atoms with Crippen LogP contribution in [0.15, 0.2) is 18.3 Å². The Morgan fingerprint density at radius 1 is 0.932 bits per heavy atom. The second-order valence-electron chi connectivity index (χ2n) is 10.2. The first-order valence-corrected chi connectivity index (χ1v) is 12.9. The third kappa shape index (κ3) is 11.4. The Morgan fingerprint density at radius 2 is 1.48 bits per heavy atom. The van der Waals surface area contributed by atoms with Crippen molar-refractivity contribution >= 4 is 23.5 Å². The molecule has 0 bridgehead atoms. The molecule has 3 N–H and O–H groups in total. The summed E-state index contributed by atoms with van der Waals surface area (Å²) in [6.45, 7) is 6.75. The average molecular weight is 653 g/mol. The summed E-state index contributed by atoms with van der Waals surface area (Å²) >= 11 is 0. The van der Waals surface area contributed by atoms with E-state index in [4.69, 9.17) is 19.8 Å². The number of carbonyl (C=O) groups is 3. The van der Waals surface area contributed by atoms with Gasteiger partial charge in [0.05, 0.1) is 11.6 Å². The van der Waals surface area contributed by atoms with Gasteiger partial charge in [-0.2, -0.15) is 39.5 Å². The largest absolute Gasteiger partial charge is 0.490 e. The molecular weight excluding hydrogens is 623 g/mol. The molecule has 2 aliphatic rings. The van der Waals surface area contributed by atoms with Crippen molar-refractivity contribution in [2.45, 2.75) is 57.3 Å². The molecule has 1 amide bonds. The highest BCUT2D eigenvalue weighted by Crippen LogP contribution is 2.33. The Balaban J connectivity index is 0.000000402. The zero-order valence-corrected chi connectivity index (χ0v) is 23.2. The molecule has 1 unspecified atom stereocenters. The lowest BCUT2D eigenvalue weighted by Gasteiger charge is -2.42. The molecule has 1 saturated carbocycles. The van der Waals surface area contributed by atoms with Gasteiger partial charge in [-0.3, -0.25) is 19.0 Å². The number of carbonyl (C=O) groups excluding carboxylic acids is 1. The first kappa shape index (κ1) is 36.5. The lowest BCUT2D eigenvalue weighted by Crippen LogP contribution is -2.51. The van der Waals surface area contributed by atoms with Gasteiger partial charge in [-0.15, -0.1) is 10.2 Å². The van der Waals surface area contributed by atoms with Gasteiger partial charge in [0.25, 0.3) is 5.91 Å². The third-order valence-corrected chi connectivity index (χ3v) is 6.31. The van der Waals surface area contributed by atoms with E-state index in [1.807, 2.05) is 5.32 Å². The predicted molar refractivity (Wildman–Crippen MR) is 133 cm³/mol. The van der Waals surface area contributed by atoms with Crippen molar-refractivity contribution < 1.29 is 64.1 Å². The molecule has 0 spiro atoms. The van der Waals surface area contributed by atoms with Crippen LogP contribution in [0.3, 0.4) is 0 Å². The van der Waals surface area contributed by atoms with Crippen LogP contribution in [-0.4, -0.2) is 110 Å². The van der Waals surface area contributed by atoms with E-state index >= 15 is 0 Å². The van der Waals surface area contributed by atoms with Crippen LogP contribution in [0.25, 0.3) is 5.65 Å². The van der Waals surface area contributed by atoms with Crippen LogP contribution in [0.2, 0.25) is 0 Å². The number of hydrogen-bond acceptors (Lipinski definition) is 7. The fourth-order valence-electron chi connectivity index (χ4n) is 4.09. The Morgan fingerprint density at radius 3 is 1.93 bits per heavy atom. The summed E-state index contributed by atoms with van der Waals surface area (Å²) in [4.78, 5) is 34.8. The molecule has 44 heavy (non-hydrogen) atoms. The third-order valence-electron chi connectivity index (χ3n) is 6.31. The Bertz CT molecular complexity index is 1270. The molecule has 1 aliphatic heterocycles. The molecule has 2 aromatic rings. The van der Waals surface area contributed by atoms with Crippen molar-refractivity contribution in [1.82, 2.24) is 29.7 Å². The number of aliphatic carboxylic acids is 2. The fourth-order valence-corrected chi connectivity index (χ4v) is 4.09. The summed E-state index contributed by atoms with van der Waals surface area (Å²) in [5.41, 5.74) is 0.718. The fraction of sp³-hybridized carbons (Fsp3) is 0.625. The number of amides is 1. The van der Waals surface area contributed by atoms with E-state index in [9.17, 15) is 44.3 Å². The minimum atomic E-state index is -5.08. The maximum atomic E-state index is 12.4. The molecule has 11 nitrogen and oxygen atoms in total. The first-order valence-electron chi connectivity index (χ1n) is 12.9. The van der Waals surface area contributed by atoms with Gasteiger partial charge in [0.1, 0.15) is 6.54 Å². The van der Waals surface area contributed by atoms with Gasteiger partial charge in [-0.05, 0) is 44.7 Å². The second kappa shape index (κ2) is 14.4. The average Bonchev–Trinajstić information content (AvgIpc) is 3.61. The Labute approximate surface area is 243 Å². The molecule has 2 aromatic heterocycles. The van der Waals surface area contributed by atoms with Crippen LogP contribution in [0.5, 0.6) is 0 Å². The summed E-state index contributed by atoms with van der Waals surface area (Å²) in [6.07, 6.45) is -10.5. The lowest BCUT2D eigenvalue weighted by atomic mass is 10.1.